The van der Waals surface area contributed by atoms with E-state index in [1.807, 2.05) is 0 Å². The van der Waals surface area contributed by atoms with Crippen molar-refractivity contribution in [1.29, 1.82) is 0 Å². The van der Waals surface area contributed by atoms with E-state index in [1.165, 1.54) is 77.0 Å². The van der Waals surface area contributed by atoms with E-state index in [2.05, 4.69) is 0 Å². The van der Waals surface area contributed by atoms with E-state index < -0.39 is 5.78 Å². The van der Waals surface area contributed by atoms with Crippen molar-refractivity contribution in [2.75, 3.05) is 28.4 Å². The molecule has 0 aliphatic heterocycles. The number of hydrogen-bond acceptors (Lipinski definition) is 12. The molecule has 0 aliphatic rings. The number of benzene rings is 4. The van der Waals surface area contributed by atoms with Gasteiger partial charge in [-0.3, -0.25) is 14.4 Å². The second-order valence-corrected chi connectivity index (χ2v) is 11.1. The van der Waals surface area contributed by atoms with Crippen molar-refractivity contribution in [3.05, 3.63) is 131 Å². The molecule has 0 fully saturated rings. The molecule has 0 spiro atoms. The maximum Gasteiger partial charge on any atom is 0.182 e. The molecule has 12 nitrogen and oxygen atoms in total. The summed E-state index contributed by atoms with van der Waals surface area (Å²) < 4.78 is 20.0. The van der Waals surface area contributed by atoms with Gasteiger partial charge in [-0.2, -0.15) is 0 Å². The zero-order valence-electron chi connectivity index (χ0n) is 29.9. The van der Waals surface area contributed by atoms with Gasteiger partial charge in [0.25, 0.3) is 0 Å². The lowest BCUT2D eigenvalue weighted by Crippen LogP contribution is -2.01. The summed E-state index contributed by atoms with van der Waals surface area (Å²) in [7, 11) is 5.74. The summed E-state index contributed by atoms with van der Waals surface area (Å²) in [5, 5.41) is 48.0. The Bertz CT molecular complexity index is 2030. The molecule has 54 heavy (non-hydrogen) atoms. The summed E-state index contributed by atoms with van der Waals surface area (Å²) in [5.74, 6) is -0.0816. The first-order chi connectivity index (χ1) is 25.8. The monoisotopic (exact) mass is 736 g/mol. The van der Waals surface area contributed by atoms with Crippen LogP contribution in [0.2, 0.25) is 0 Å². The number of ketones is 3. The summed E-state index contributed by atoms with van der Waals surface area (Å²) in [6.07, 6.45) is 12.3. The highest BCUT2D eigenvalue weighted by Gasteiger charge is 2.07. The number of aromatic hydroxyl groups is 4. The highest BCUT2D eigenvalue weighted by molar-refractivity contribution is 6.11. The Morgan fingerprint density at radius 1 is 0.481 bits per heavy atom. The SMILES string of the molecule is COc1cc(/C=C/C(=O)CC(=O)/C=C/c2ccc(O)c(OC)c2)ccc1O.COc1cc(C=CC(=O)C=C(O)C=Cc2ccc(O)c(OC)c2)ccc1O. The first-order valence-corrected chi connectivity index (χ1v) is 16.1. The van der Waals surface area contributed by atoms with Gasteiger partial charge in [-0.05, 0) is 95.1 Å². The Labute approximate surface area is 312 Å². The fourth-order valence-corrected chi connectivity index (χ4v) is 4.46. The minimum absolute atomic E-state index is 0.00662. The van der Waals surface area contributed by atoms with Crippen LogP contribution >= 0.6 is 0 Å². The molecule has 0 bridgehead atoms. The predicted molar refractivity (Wildman–Crippen MR) is 205 cm³/mol. The average Bonchev–Trinajstić information content (AvgIpc) is 3.16. The maximum atomic E-state index is 11.9. The molecule has 0 saturated heterocycles. The first-order valence-electron chi connectivity index (χ1n) is 16.1. The Hall–Kier alpha value is -7.21. The summed E-state index contributed by atoms with van der Waals surface area (Å²) >= 11 is 0. The van der Waals surface area contributed by atoms with E-state index in [9.17, 15) is 39.9 Å². The molecule has 4 rings (SSSR count). The number of allylic oxidation sites excluding steroid dienone is 5. The zero-order chi connectivity index (χ0) is 39.6. The average molecular weight is 737 g/mol. The van der Waals surface area contributed by atoms with Crippen molar-refractivity contribution in [3.8, 4) is 46.0 Å². The van der Waals surface area contributed by atoms with Gasteiger partial charge in [0.2, 0.25) is 0 Å². The van der Waals surface area contributed by atoms with Crippen LogP contribution in [-0.2, 0) is 14.4 Å². The number of carbonyl (C=O) groups is 3. The van der Waals surface area contributed by atoms with E-state index in [0.29, 0.717) is 45.3 Å². The molecule has 0 atom stereocenters. The smallest absolute Gasteiger partial charge is 0.182 e. The van der Waals surface area contributed by atoms with Crippen LogP contribution in [0.4, 0.5) is 0 Å². The summed E-state index contributed by atoms with van der Waals surface area (Å²) in [4.78, 5) is 35.8. The Kier molecular flexibility index (Phi) is 15.7. The van der Waals surface area contributed by atoms with Gasteiger partial charge in [0, 0.05) is 6.08 Å². The van der Waals surface area contributed by atoms with E-state index >= 15 is 0 Å². The molecule has 0 radical (unpaired) electrons. The minimum atomic E-state index is -0.410. The standard InChI is InChI=1S/2C21H20O6/c2*1-26-20-11-14(5-9-18(20)24)3-7-16(22)13-17(23)8-4-15-6-10-19(25)21(12-15)27-2/h3-12,24-25H,13H2,1-2H3;3-13,22,24-25H,1-2H3/b7-3+,8-4+;. The molecule has 4 aromatic carbocycles. The highest BCUT2D eigenvalue weighted by Crippen LogP contribution is 2.29. The Morgan fingerprint density at radius 3 is 1.09 bits per heavy atom. The van der Waals surface area contributed by atoms with Crippen molar-refractivity contribution in [3.63, 3.8) is 0 Å². The molecular weight excluding hydrogens is 696 g/mol. The molecule has 0 unspecified atom stereocenters. The van der Waals surface area contributed by atoms with Crippen molar-refractivity contribution in [2.45, 2.75) is 6.42 Å². The van der Waals surface area contributed by atoms with Crippen LogP contribution in [0, 0.1) is 0 Å². The number of ether oxygens (including phenoxy) is 4. The quantitative estimate of drug-likeness (QED) is 0.0357. The van der Waals surface area contributed by atoms with E-state index in [-0.39, 0.29) is 46.7 Å². The molecular formula is C42H40O12. The molecule has 0 amide bonds. The predicted octanol–water partition coefficient (Wildman–Crippen LogP) is 7.22. The van der Waals surface area contributed by atoms with Crippen LogP contribution < -0.4 is 18.9 Å². The molecule has 0 heterocycles. The van der Waals surface area contributed by atoms with Crippen LogP contribution in [0.5, 0.6) is 46.0 Å². The molecule has 0 aromatic heterocycles. The van der Waals surface area contributed by atoms with Gasteiger partial charge in [0.1, 0.15) is 5.76 Å². The topological polar surface area (TPSA) is 189 Å². The van der Waals surface area contributed by atoms with Gasteiger partial charge < -0.3 is 44.5 Å². The third kappa shape index (κ3) is 13.2. The number of rotatable bonds is 15. The number of carbonyl (C=O) groups excluding carboxylic acids is 3. The van der Waals surface area contributed by atoms with Crippen LogP contribution in [0.15, 0.2) is 109 Å². The molecule has 12 heteroatoms. The molecule has 5 N–H and O–H groups in total. The fraction of sp³-hybridized carbons (Fsp3) is 0.119. The van der Waals surface area contributed by atoms with E-state index in [4.69, 9.17) is 18.9 Å². The fourth-order valence-electron chi connectivity index (χ4n) is 4.46. The van der Waals surface area contributed by atoms with Gasteiger partial charge in [0.05, 0.1) is 34.9 Å². The Balaban J connectivity index is 0.000000290. The summed E-state index contributed by atoms with van der Waals surface area (Å²) in [5.41, 5.74) is 2.68. The number of phenols is 4. The lowest BCUT2D eigenvalue weighted by atomic mass is 10.1. The van der Waals surface area contributed by atoms with E-state index in [0.717, 1.165) is 6.08 Å². The van der Waals surface area contributed by atoms with E-state index in [1.54, 1.807) is 72.8 Å². The maximum absolute atomic E-state index is 11.9. The number of aliphatic hydroxyl groups is 1. The van der Waals surface area contributed by atoms with Gasteiger partial charge in [-0.25, -0.2) is 0 Å². The second kappa shape index (κ2) is 20.6. The first kappa shape index (κ1) is 41.2. The number of hydrogen-bond donors (Lipinski definition) is 5. The van der Waals surface area contributed by atoms with Crippen LogP contribution in [0.3, 0.4) is 0 Å². The lowest BCUT2D eigenvalue weighted by Gasteiger charge is -2.03. The minimum Gasteiger partial charge on any atom is -0.508 e. The Morgan fingerprint density at radius 2 is 0.778 bits per heavy atom. The number of aliphatic hydroxyl groups excluding tert-OH is 1. The zero-order valence-corrected chi connectivity index (χ0v) is 29.9. The van der Waals surface area contributed by atoms with Crippen molar-refractivity contribution in [2.24, 2.45) is 0 Å². The highest BCUT2D eigenvalue weighted by atomic mass is 16.5. The normalized spacial score (nSPS) is 11.4. The molecule has 0 aliphatic carbocycles. The van der Waals surface area contributed by atoms with Crippen LogP contribution in [0.1, 0.15) is 28.7 Å². The van der Waals surface area contributed by atoms with Gasteiger partial charge in [-0.15, -0.1) is 0 Å². The van der Waals surface area contributed by atoms with Gasteiger partial charge >= 0.3 is 0 Å². The van der Waals surface area contributed by atoms with Crippen molar-refractivity contribution >= 4 is 41.7 Å². The summed E-state index contributed by atoms with van der Waals surface area (Å²) in [6, 6.07) is 18.7. The van der Waals surface area contributed by atoms with Crippen LogP contribution in [-0.4, -0.2) is 71.3 Å². The van der Waals surface area contributed by atoms with Crippen LogP contribution in [0.25, 0.3) is 24.3 Å². The summed E-state index contributed by atoms with van der Waals surface area (Å²) in [6.45, 7) is 0. The van der Waals surface area contributed by atoms with Crippen molar-refractivity contribution in [1.82, 2.24) is 0 Å². The van der Waals surface area contributed by atoms with Crippen molar-refractivity contribution < 1.29 is 58.9 Å². The van der Waals surface area contributed by atoms with Gasteiger partial charge in [-0.1, -0.05) is 48.6 Å². The number of methoxy groups -OCH3 is 4. The largest absolute Gasteiger partial charge is 0.508 e. The third-order valence-corrected chi connectivity index (χ3v) is 7.26. The molecule has 4 aromatic rings. The third-order valence-electron chi connectivity index (χ3n) is 7.26. The molecule has 280 valence electrons. The second-order valence-electron chi connectivity index (χ2n) is 11.1. The van der Waals surface area contributed by atoms with Gasteiger partial charge in [0.15, 0.2) is 63.3 Å². The number of phenolic OH excluding ortho intramolecular Hbond substituents is 4. The lowest BCUT2D eigenvalue weighted by molar-refractivity contribution is -0.122. The molecule has 0 saturated carbocycles.